The number of ketones is 1. The van der Waals surface area contributed by atoms with Crippen molar-refractivity contribution in [2.45, 2.75) is 85.0 Å². The van der Waals surface area contributed by atoms with Crippen LogP contribution in [0.2, 0.25) is 0 Å². The van der Waals surface area contributed by atoms with Crippen molar-refractivity contribution < 1.29 is 19.4 Å². The molecular formula is C26H39NO4. The number of carbonyl (C=O) groups excluding carboxylic acids is 2. The molecule has 9 atom stereocenters. The summed E-state index contributed by atoms with van der Waals surface area (Å²) in [5.41, 5.74) is 0.893. The first-order chi connectivity index (χ1) is 14.5. The predicted molar refractivity (Wildman–Crippen MR) is 120 cm³/mol. The number of hydrogen-bond acceptors (Lipinski definition) is 4. The van der Waals surface area contributed by atoms with Crippen LogP contribution in [0.4, 0.5) is 0 Å². The molecule has 0 aromatic carbocycles. The first kappa shape index (κ1) is 22.6. The first-order valence-electron chi connectivity index (χ1n) is 12.1. The monoisotopic (exact) mass is 429 g/mol. The van der Waals surface area contributed by atoms with E-state index in [9.17, 15) is 14.7 Å². The van der Waals surface area contributed by atoms with Gasteiger partial charge in [0.25, 0.3) is 5.91 Å². The Hall–Kier alpha value is -1.62. The molecule has 31 heavy (non-hydrogen) atoms. The number of carbonyl (C=O) groups is 2. The molecule has 4 rings (SSSR count). The number of nitrogens with zero attached hydrogens (tertiary/aromatic N) is 1. The molecule has 172 valence electrons. The van der Waals surface area contributed by atoms with E-state index in [1.165, 1.54) is 12.0 Å². The minimum atomic E-state index is -0.486. The topological polar surface area (TPSA) is 70.1 Å². The summed E-state index contributed by atoms with van der Waals surface area (Å²) in [5.74, 6) is 0.285. The second kappa shape index (κ2) is 7.75. The molecule has 3 fully saturated rings. The third-order valence-corrected chi connectivity index (χ3v) is 9.11. The lowest BCUT2D eigenvalue weighted by atomic mass is 9.56. The van der Waals surface area contributed by atoms with E-state index in [2.05, 4.69) is 33.8 Å². The van der Waals surface area contributed by atoms with Crippen LogP contribution in [0.25, 0.3) is 0 Å². The lowest BCUT2D eigenvalue weighted by Gasteiger charge is -2.48. The van der Waals surface area contributed by atoms with E-state index in [4.69, 9.17) is 4.74 Å². The van der Waals surface area contributed by atoms with Crippen LogP contribution in [0.5, 0.6) is 0 Å². The Labute approximate surface area is 186 Å². The highest BCUT2D eigenvalue weighted by atomic mass is 16.6. The summed E-state index contributed by atoms with van der Waals surface area (Å²) >= 11 is 0. The Kier molecular flexibility index (Phi) is 5.65. The summed E-state index contributed by atoms with van der Waals surface area (Å²) in [6.07, 6.45) is 6.70. The smallest absolute Gasteiger partial charge is 0.261 e. The zero-order chi connectivity index (χ0) is 22.8. The van der Waals surface area contributed by atoms with Gasteiger partial charge in [0.05, 0.1) is 17.7 Å². The maximum absolute atomic E-state index is 13.4. The van der Waals surface area contributed by atoms with Gasteiger partial charge in [0.2, 0.25) is 0 Å². The molecule has 9 unspecified atom stereocenters. The van der Waals surface area contributed by atoms with Crippen molar-refractivity contribution in [3.8, 4) is 0 Å². The number of aliphatic hydroxyl groups excluding tert-OH is 1. The van der Waals surface area contributed by atoms with Crippen molar-refractivity contribution in [1.82, 2.24) is 4.90 Å². The highest BCUT2D eigenvalue weighted by molar-refractivity contribution is 6.26. The number of likely N-dealkylation sites (N-methyl/N-ethyl adjacent to an activating group) is 1. The van der Waals surface area contributed by atoms with Crippen LogP contribution in [-0.4, -0.2) is 46.5 Å². The molecule has 0 radical (unpaired) electrons. The highest BCUT2D eigenvalue weighted by Gasteiger charge is 2.62. The molecule has 2 heterocycles. The number of rotatable bonds is 4. The van der Waals surface area contributed by atoms with E-state index in [0.29, 0.717) is 11.8 Å². The Bertz CT molecular complexity index is 844. The van der Waals surface area contributed by atoms with Gasteiger partial charge in [-0.05, 0) is 50.9 Å². The minimum Gasteiger partial charge on any atom is -0.511 e. The summed E-state index contributed by atoms with van der Waals surface area (Å²) in [6.45, 7) is 12.6. The number of ether oxygens (including phenoxy) is 1. The summed E-state index contributed by atoms with van der Waals surface area (Å²) in [7, 11) is 1.69. The fraction of sp³-hybridized carbons (Fsp3) is 0.769. The van der Waals surface area contributed by atoms with Crippen LogP contribution in [0.15, 0.2) is 23.0 Å². The predicted octanol–water partition coefficient (Wildman–Crippen LogP) is 4.68. The Balaban J connectivity index is 1.85. The molecule has 0 aromatic rings. The van der Waals surface area contributed by atoms with Gasteiger partial charge in [-0.1, -0.05) is 51.7 Å². The molecule has 1 saturated carbocycles. The van der Waals surface area contributed by atoms with E-state index in [0.717, 1.165) is 19.3 Å². The Morgan fingerprint density at radius 3 is 2.55 bits per heavy atom. The average molecular weight is 430 g/mol. The number of allylic oxidation sites excluding steroid dienone is 2. The number of hydrogen-bond donors (Lipinski definition) is 1. The van der Waals surface area contributed by atoms with Gasteiger partial charge in [0.1, 0.15) is 11.3 Å². The maximum atomic E-state index is 13.4. The van der Waals surface area contributed by atoms with Crippen LogP contribution in [0.1, 0.15) is 67.2 Å². The quantitative estimate of drug-likeness (QED) is 0.232. The number of likely N-dealkylation sites (tertiary alicyclic amines) is 1. The van der Waals surface area contributed by atoms with Crippen molar-refractivity contribution in [2.75, 3.05) is 7.05 Å². The lowest BCUT2D eigenvalue weighted by molar-refractivity contribution is -0.126. The van der Waals surface area contributed by atoms with Gasteiger partial charge in [0.15, 0.2) is 5.78 Å². The van der Waals surface area contributed by atoms with Gasteiger partial charge in [0, 0.05) is 18.9 Å². The van der Waals surface area contributed by atoms with Gasteiger partial charge in [-0.3, -0.25) is 9.59 Å². The van der Waals surface area contributed by atoms with Crippen molar-refractivity contribution in [2.24, 2.45) is 35.5 Å². The second-order valence-electron chi connectivity index (χ2n) is 10.9. The number of amides is 1. The van der Waals surface area contributed by atoms with Gasteiger partial charge < -0.3 is 14.7 Å². The lowest BCUT2D eigenvalue weighted by Crippen LogP contribution is -2.46. The standard InChI is InChI=1S/C26H39NO4/c1-8-13(2)22-24(29)20(25(30)27(22)7)23(28)19-18-14(3)10-9-11-17(18)12-15(4)21(19)26(6)16(5)31-26/h12-14,16-19,21-22,28H,8-11H2,1-7H3. The first-order valence-corrected chi connectivity index (χ1v) is 12.1. The molecule has 2 saturated heterocycles. The highest BCUT2D eigenvalue weighted by Crippen LogP contribution is 2.58. The van der Waals surface area contributed by atoms with Gasteiger partial charge >= 0.3 is 0 Å². The molecule has 2 aliphatic carbocycles. The van der Waals surface area contributed by atoms with Crippen molar-refractivity contribution in [3.63, 3.8) is 0 Å². The number of fused-ring (bicyclic) bond motifs is 1. The SMILES string of the molecule is CCC(C)C1C(=O)C(=C(O)C2C3C(C)CCCC3C=C(C)C2C2(C)OC2C)C(=O)N1C. The number of Topliss-reactive ketones (excluding diaryl/α,β-unsaturated/α-hetero) is 1. The number of epoxide rings is 1. The largest absolute Gasteiger partial charge is 0.511 e. The van der Waals surface area contributed by atoms with Crippen molar-refractivity contribution in [1.29, 1.82) is 0 Å². The van der Waals surface area contributed by atoms with Gasteiger partial charge in [-0.2, -0.15) is 0 Å². The molecule has 1 N–H and O–H groups in total. The van der Waals surface area contributed by atoms with Crippen LogP contribution >= 0.6 is 0 Å². The molecule has 0 spiro atoms. The van der Waals surface area contributed by atoms with E-state index in [1.807, 2.05) is 13.8 Å². The van der Waals surface area contributed by atoms with E-state index >= 15 is 0 Å². The summed E-state index contributed by atoms with van der Waals surface area (Å²) in [5, 5.41) is 11.8. The van der Waals surface area contributed by atoms with Crippen LogP contribution in [0.3, 0.4) is 0 Å². The van der Waals surface area contributed by atoms with Gasteiger partial charge in [-0.25, -0.2) is 0 Å². The van der Waals surface area contributed by atoms with Crippen LogP contribution in [0, 0.1) is 35.5 Å². The normalized spacial score (nSPS) is 45.3. The van der Waals surface area contributed by atoms with Gasteiger partial charge in [-0.15, -0.1) is 0 Å². The Morgan fingerprint density at radius 2 is 1.97 bits per heavy atom. The van der Waals surface area contributed by atoms with Crippen LogP contribution < -0.4 is 0 Å². The fourth-order valence-electron chi connectivity index (χ4n) is 7.06. The summed E-state index contributed by atoms with van der Waals surface area (Å²) in [6, 6.07) is -0.486. The molecule has 4 aliphatic rings. The zero-order valence-corrected chi connectivity index (χ0v) is 20.1. The van der Waals surface area contributed by atoms with E-state index < -0.39 is 6.04 Å². The molecule has 0 aromatic heterocycles. The molecule has 5 heteroatoms. The number of aliphatic hydroxyl groups is 1. The molecule has 1 amide bonds. The fourth-order valence-corrected chi connectivity index (χ4v) is 7.06. The van der Waals surface area contributed by atoms with Crippen molar-refractivity contribution in [3.05, 3.63) is 23.0 Å². The maximum Gasteiger partial charge on any atom is 0.261 e. The summed E-state index contributed by atoms with van der Waals surface area (Å²) in [4.78, 5) is 28.2. The minimum absolute atomic E-state index is 0.0228. The van der Waals surface area contributed by atoms with E-state index in [1.54, 1.807) is 11.9 Å². The molecular weight excluding hydrogens is 390 g/mol. The third kappa shape index (κ3) is 3.30. The molecule has 0 bridgehead atoms. The third-order valence-electron chi connectivity index (χ3n) is 9.11. The molecule has 5 nitrogen and oxygen atoms in total. The molecule has 2 aliphatic heterocycles. The zero-order valence-electron chi connectivity index (χ0n) is 20.1. The average Bonchev–Trinajstić information content (AvgIpc) is 3.25. The van der Waals surface area contributed by atoms with Crippen molar-refractivity contribution >= 4 is 11.7 Å². The van der Waals surface area contributed by atoms with Crippen LogP contribution in [-0.2, 0) is 14.3 Å². The summed E-state index contributed by atoms with van der Waals surface area (Å²) < 4.78 is 6.07. The Morgan fingerprint density at radius 1 is 1.32 bits per heavy atom. The van der Waals surface area contributed by atoms with E-state index in [-0.39, 0.29) is 58.4 Å². The second-order valence-corrected chi connectivity index (χ2v) is 10.9.